The lowest BCUT2D eigenvalue weighted by atomic mass is 9.98. The van der Waals surface area contributed by atoms with Crippen molar-refractivity contribution in [2.45, 2.75) is 31.9 Å². The molecule has 0 radical (unpaired) electrons. The lowest BCUT2D eigenvalue weighted by Crippen LogP contribution is -2.57. The maximum Gasteiger partial charge on any atom is 0.331 e. The number of benzene rings is 1. The largest absolute Gasteiger partial charge is 0.479 e. The normalized spacial score (nSPS) is 22.1. The standard InChI is InChI=1S/C15H18ClNO5/c1-9-3-4-11(16)12(7-9)22-10(2)13(18)17-15(14(19)20)5-6-21-8-15/h3-4,7,10H,5-6,8H2,1-2H3,(H,17,18)(H,19,20). The lowest BCUT2D eigenvalue weighted by Gasteiger charge is -2.26. The molecule has 0 aliphatic carbocycles. The molecule has 22 heavy (non-hydrogen) atoms. The highest BCUT2D eigenvalue weighted by molar-refractivity contribution is 6.32. The Labute approximate surface area is 133 Å². The van der Waals surface area contributed by atoms with Crippen LogP contribution in [0, 0.1) is 6.92 Å². The van der Waals surface area contributed by atoms with E-state index in [1.165, 1.54) is 0 Å². The van der Waals surface area contributed by atoms with Crippen LogP contribution in [0.3, 0.4) is 0 Å². The Hall–Kier alpha value is -1.79. The van der Waals surface area contributed by atoms with Gasteiger partial charge in [-0.2, -0.15) is 0 Å². The van der Waals surface area contributed by atoms with E-state index >= 15 is 0 Å². The lowest BCUT2D eigenvalue weighted by molar-refractivity contribution is -0.148. The van der Waals surface area contributed by atoms with Crippen LogP contribution in [0.15, 0.2) is 18.2 Å². The number of ether oxygens (including phenoxy) is 2. The Bertz CT molecular complexity index is 583. The fourth-order valence-electron chi connectivity index (χ4n) is 2.17. The van der Waals surface area contributed by atoms with Crippen molar-refractivity contribution in [2.24, 2.45) is 0 Å². The van der Waals surface area contributed by atoms with Crippen LogP contribution >= 0.6 is 11.6 Å². The molecule has 1 heterocycles. The van der Waals surface area contributed by atoms with Crippen molar-refractivity contribution in [3.05, 3.63) is 28.8 Å². The third-order valence-corrected chi connectivity index (χ3v) is 3.87. The van der Waals surface area contributed by atoms with Crippen molar-refractivity contribution in [1.82, 2.24) is 5.32 Å². The van der Waals surface area contributed by atoms with Gasteiger partial charge >= 0.3 is 5.97 Å². The zero-order valence-corrected chi connectivity index (χ0v) is 13.1. The number of nitrogens with one attached hydrogen (secondary N) is 1. The molecule has 120 valence electrons. The van der Waals surface area contributed by atoms with Gasteiger partial charge in [0.25, 0.3) is 5.91 Å². The van der Waals surface area contributed by atoms with E-state index in [1.807, 2.05) is 13.0 Å². The Kier molecular flexibility index (Phi) is 4.93. The molecule has 1 aliphatic heterocycles. The van der Waals surface area contributed by atoms with Crippen molar-refractivity contribution in [2.75, 3.05) is 13.2 Å². The Balaban J connectivity index is 2.06. The zero-order chi connectivity index (χ0) is 16.3. The maximum atomic E-state index is 12.2. The van der Waals surface area contributed by atoms with Crippen LogP contribution in [0.25, 0.3) is 0 Å². The molecule has 1 fully saturated rings. The Morgan fingerprint density at radius 2 is 2.23 bits per heavy atom. The Morgan fingerprint density at radius 3 is 2.82 bits per heavy atom. The van der Waals surface area contributed by atoms with Crippen molar-refractivity contribution >= 4 is 23.5 Å². The number of carboxylic acids is 1. The fraction of sp³-hybridized carbons (Fsp3) is 0.467. The number of hydrogen-bond acceptors (Lipinski definition) is 4. The van der Waals surface area contributed by atoms with Crippen molar-refractivity contribution < 1.29 is 24.2 Å². The molecule has 1 saturated heterocycles. The van der Waals surface area contributed by atoms with Crippen LogP contribution in [0.2, 0.25) is 5.02 Å². The van der Waals surface area contributed by atoms with E-state index in [9.17, 15) is 14.7 Å². The number of aliphatic carboxylic acids is 1. The van der Waals surface area contributed by atoms with Crippen LogP contribution in [0.4, 0.5) is 0 Å². The van der Waals surface area contributed by atoms with E-state index in [4.69, 9.17) is 21.1 Å². The second kappa shape index (κ2) is 6.54. The van der Waals surface area contributed by atoms with E-state index in [0.717, 1.165) is 5.56 Å². The summed E-state index contributed by atoms with van der Waals surface area (Å²) in [7, 11) is 0. The minimum atomic E-state index is -1.38. The molecule has 0 saturated carbocycles. The molecule has 6 nitrogen and oxygen atoms in total. The van der Waals surface area contributed by atoms with Gasteiger partial charge in [-0.3, -0.25) is 4.79 Å². The molecule has 1 aliphatic rings. The summed E-state index contributed by atoms with van der Waals surface area (Å²) in [6.07, 6.45) is -0.650. The molecule has 1 aromatic carbocycles. The van der Waals surface area contributed by atoms with Crippen LogP contribution in [-0.2, 0) is 14.3 Å². The topological polar surface area (TPSA) is 84.9 Å². The molecule has 2 N–H and O–H groups in total. The maximum absolute atomic E-state index is 12.2. The summed E-state index contributed by atoms with van der Waals surface area (Å²) in [6.45, 7) is 3.67. The third-order valence-electron chi connectivity index (χ3n) is 3.55. The number of carboxylic acid groups (broad SMARTS) is 1. The van der Waals surface area contributed by atoms with Crippen LogP contribution in [-0.4, -0.2) is 41.8 Å². The summed E-state index contributed by atoms with van der Waals surface area (Å²) in [4.78, 5) is 23.6. The van der Waals surface area contributed by atoms with E-state index in [-0.39, 0.29) is 13.0 Å². The molecule has 0 bridgehead atoms. The summed E-state index contributed by atoms with van der Waals surface area (Å²) in [5.74, 6) is -1.25. The summed E-state index contributed by atoms with van der Waals surface area (Å²) < 4.78 is 10.6. The highest BCUT2D eigenvalue weighted by Crippen LogP contribution is 2.26. The average molecular weight is 328 g/mol. The van der Waals surface area contributed by atoms with Gasteiger partial charge in [0, 0.05) is 13.0 Å². The number of rotatable bonds is 5. The summed E-state index contributed by atoms with van der Waals surface area (Å²) >= 11 is 6.02. The highest BCUT2D eigenvalue weighted by atomic mass is 35.5. The molecule has 7 heteroatoms. The highest BCUT2D eigenvalue weighted by Gasteiger charge is 2.44. The predicted octanol–water partition coefficient (Wildman–Crippen LogP) is 1.78. The quantitative estimate of drug-likeness (QED) is 0.861. The van der Waals surface area contributed by atoms with Gasteiger partial charge in [-0.1, -0.05) is 17.7 Å². The zero-order valence-electron chi connectivity index (χ0n) is 12.4. The minimum Gasteiger partial charge on any atom is -0.479 e. The number of aryl methyl sites for hydroxylation is 1. The molecule has 0 aromatic heterocycles. The van der Waals surface area contributed by atoms with Gasteiger partial charge in [0.05, 0.1) is 11.6 Å². The number of carbonyl (C=O) groups is 2. The first kappa shape index (κ1) is 16.6. The molecule has 0 spiro atoms. The van der Waals surface area contributed by atoms with Gasteiger partial charge in [-0.25, -0.2) is 4.79 Å². The summed E-state index contributed by atoms with van der Waals surface area (Å²) in [5, 5.41) is 12.2. The molecule has 1 aromatic rings. The van der Waals surface area contributed by atoms with E-state index < -0.39 is 23.5 Å². The number of amides is 1. The SMILES string of the molecule is Cc1ccc(Cl)c(OC(C)C(=O)NC2(C(=O)O)CCOC2)c1. The second-order valence-corrected chi connectivity index (χ2v) is 5.78. The molecule has 1 amide bonds. The van der Waals surface area contributed by atoms with Crippen LogP contribution in [0.1, 0.15) is 18.9 Å². The monoisotopic (exact) mass is 327 g/mol. The van der Waals surface area contributed by atoms with Crippen molar-refractivity contribution in [3.8, 4) is 5.75 Å². The van der Waals surface area contributed by atoms with Gasteiger partial charge < -0.3 is 19.9 Å². The predicted molar refractivity (Wildman–Crippen MR) is 80.2 cm³/mol. The van der Waals surface area contributed by atoms with Crippen molar-refractivity contribution in [1.29, 1.82) is 0 Å². The van der Waals surface area contributed by atoms with Gasteiger partial charge in [-0.15, -0.1) is 0 Å². The number of hydrogen-bond donors (Lipinski definition) is 2. The third kappa shape index (κ3) is 3.51. The first-order valence-corrected chi connectivity index (χ1v) is 7.28. The van der Waals surface area contributed by atoms with Crippen LogP contribution < -0.4 is 10.1 Å². The smallest absolute Gasteiger partial charge is 0.331 e. The first-order chi connectivity index (χ1) is 10.3. The molecule has 2 atom stereocenters. The fourth-order valence-corrected chi connectivity index (χ4v) is 2.33. The first-order valence-electron chi connectivity index (χ1n) is 6.90. The molecule has 2 rings (SSSR count). The number of halogens is 1. The van der Waals surface area contributed by atoms with Crippen LogP contribution in [0.5, 0.6) is 5.75 Å². The van der Waals surface area contributed by atoms with Crippen molar-refractivity contribution in [3.63, 3.8) is 0 Å². The van der Waals surface area contributed by atoms with E-state index in [0.29, 0.717) is 17.4 Å². The summed E-state index contributed by atoms with van der Waals surface area (Å²) in [5.41, 5.74) is -0.441. The average Bonchev–Trinajstić information content (AvgIpc) is 2.92. The minimum absolute atomic E-state index is 0.0496. The van der Waals surface area contributed by atoms with Gasteiger partial charge in [0.15, 0.2) is 11.6 Å². The van der Waals surface area contributed by atoms with Gasteiger partial charge in [0.2, 0.25) is 0 Å². The van der Waals surface area contributed by atoms with Gasteiger partial charge in [-0.05, 0) is 31.5 Å². The van der Waals surface area contributed by atoms with E-state index in [2.05, 4.69) is 5.32 Å². The summed E-state index contributed by atoms with van der Waals surface area (Å²) in [6, 6.07) is 5.23. The molecular weight excluding hydrogens is 310 g/mol. The van der Waals surface area contributed by atoms with E-state index in [1.54, 1.807) is 19.1 Å². The second-order valence-electron chi connectivity index (χ2n) is 5.37. The molecular formula is C15H18ClNO5. The molecule has 2 unspecified atom stereocenters. The number of carbonyl (C=O) groups excluding carboxylic acids is 1. The van der Waals surface area contributed by atoms with Gasteiger partial charge in [0.1, 0.15) is 5.75 Å². The Morgan fingerprint density at radius 1 is 1.50 bits per heavy atom.